The second-order valence-corrected chi connectivity index (χ2v) is 15.8. The first-order chi connectivity index (χ1) is 30.2. The molecule has 284 valence electrons. The van der Waals surface area contributed by atoms with Gasteiger partial charge in [0, 0.05) is 55.4 Å². The molecule has 3 aromatic heterocycles. The standard InChI is InChI=1S/C56H34N4O/c1-4-15-35(16-5-1)46-33-47(36-17-6-2-7-18-36)58-56(57-46)60-48-25-12-10-21-40(48)44-31-37(27-29-50(44)60)38-28-30-52-45(32-38)41-23-14-24-43-54-42-22-11-13-26-49(42)59(39-19-8-3-9-20-39)51(54)34-53(61-52)55(41)43/h1-34H. The number of fused-ring (bicyclic) bond motifs is 9. The Kier molecular flexibility index (Phi) is 7.24. The van der Waals surface area contributed by atoms with Gasteiger partial charge in [0.1, 0.15) is 11.5 Å². The third-order valence-corrected chi connectivity index (χ3v) is 12.3. The number of benzene rings is 9. The van der Waals surface area contributed by atoms with Gasteiger partial charge in [-0.1, -0.05) is 146 Å². The second kappa shape index (κ2) is 13.1. The van der Waals surface area contributed by atoms with Gasteiger partial charge in [0.15, 0.2) is 0 Å². The maximum atomic E-state index is 6.87. The molecule has 1 aliphatic heterocycles. The van der Waals surface area contributed by atoms with Gasteiger partial charge in [0.25, 0.3) is 0 Å². The van der Waals surface area contributed by atoms with Gasteiger partial charge in [-0.05, 0) is 76.7 Å². The SMILES string of the molecule is c1ccc(-c2cc(-c3ccccc3)nc(-n3c4ccccc4c4cc(-c5ccc6c(c5)-c5cccc7c5c(cc5c7c7ccccc7n5-c5ccccc5)O6)ccc43)n2)cc1. The number of ether oxygens (including phenoxy) is 1. The Balaban J connectivity index is 0.975. The molecule has 13 rings (SSSR count). The third kappa shape index (κ3) is 5.14. The minimum Gasteiger partial charge on any atom is -0.456 e. The Bertz CT molecular complexity index is 3660. The molecule has 0 spiro atoms. The number of hydrogen-bond acceptors (Lipinski definition) is 3. The molecule has 0 fully saturated rings. The molecule has 0 unspecified atom stereocenters. The van der Waals surface area contributed by atoms with Gasteiger partial charge in [-0.15, -0.1) is 0 Å². The van der Waals surface area contributed by atoms with Gasteiger partial charge < -0.3 is 9.30 Å². The largest absolute Gasteiger partial charge is 0.456 e. The number of hydrogen-bond donors (Lipinski definition) is 0. The summed E-state index contributed by atoms with van der Waals surface area (Å²) in [6, 6.07) is 72.9. The Morgan fingerprint density at radius 1 is 0.328 bits per heavy atom. The lowest BCUT2D eigenvalue weighted by Crippen LogP contribution is -2.04. The Labute approximate surface area is 351 Å². The summed E-state index contributed by atoms with van der Waals surface area (Å²) in [7, 11) is 0. The summed E-state index contributed by atoms with van der Waals surface area (Å²) in [4.78, 5) is 10.5. The summed E-state index contributed by atoms with van der Waals surface area (Å²) in [5, 5.41) is 7.08. The number of nitrogens with zero attached hydrogens (tertiary/aromatic N) is 4. The monoisotopic (exact) mass is 778 g/mol. The lowest BCUT2D eigenvalue weighted by Gasteiger charge is -2.23. The molecule has 0 aliphatic carbocycles. The van der Waals surface area contributed by atoms with E-state index in [-0.39, 0.29) is 0 Å². The van der Waals surface area contributed by atoms with Crippen LogP contribution >= 0.6 is 0 Å². The van der Waals surface area contributed by atoms with E-state index in [0.717, 1.165) is 89.1 Å². The van der Waals surface area contributed by atoms with Crippen LogP contribution in [-0.4, -0.2) is 19.1 Å². The van der Waals surface area contributed by atoms with Crippen molar-refractivity contribution in [2.75, 3.05) is 0 Å². The first-order valence-corrected chi connectivity index (χ1v) is 20.7. The van der Waals surface area contributed by atoms with Crippen LogP contribution < -0.4 is 4.74 Å². The van der Waals surface area contributed by atoms with Crippen LogP contribution in [0.1, 0.15) is 0 Å². The summed E-state index contributed by atoms with van der Waals surface area (Å²) >= 11 is 0. The van der Waals surface area contributed by atoms with Gasteiger partial charge in [-0.2, -0.15) is 0 Å². The minimum absolute atomic E-state index is 0.637. The number of rotatable bonds is 5. The smallest absolute Gasteiger partial charge is 0.235 e. The summed E-state index contributed by atoms with van der Waals surface area (Å²) in [6.07, 6.45) is 0. The maximum Gasteiger partial charge on any atom is 0.235 e. The Morgan fingerprint density at radius 3 is 1.66 bits per heavy atom. The van der Waals surface area contributed by atoms with Crippen molar-refractivity contribution in [3.05, 3.63) is 206 Å². The van der Waals surface area contributed by atoms with Crippen molar-refractivity contribution in [1.82, 2.24) is 19.1 Å². The van der Waals surface area contributed by atoms with E-state index in [1.54, 1.807) is 0 Å². The van der Waals surface area contributed by atoms with Gasteiger partial charge in [0.05, 0.1) is 33.5 Å². The van der Waals surface area contributed by atoms with E-state index in [1.165, 1.54) is 27.2 Å². The Morgan fingerprint density at radius 2 is 0.918 bits per heavy atom. The normalized spacial score (nSPS) is 12.1. The van der Waals surface area contributed by atoms with Crippen LogP contribution in [0.3, 0.4) is 0 Å². The lowest BCUT2D eigenvalue weighted by molar-refractivity contribution is 0.487. The van der Waals surface area contributed by atoms with Crippen LogP contribution in [0.5, 0.6) is 11.5 Å². The Hall–Kier alpha value is -8.28. The molecule has 12 aromatic rings. The highest BCUT2D eigenvalue weighted by molar-refractivity contribution is 6.25. The van der Waals surface area contributed by atoms with E-state index in [1.807, 2.05) is 12.1 Å². The maximum absolute atomic E-state index is 6.87. The molecule has 9 aromatic carbocycles. The average Bonchev–Trinajstić information content (AvgIpc) is 3.85. The van der Waals surface area contributed by atoms with Gasteiger partial charge in [0.2, 0.25) is 5.95 Å². The van der Waals surface area contributed by atoms with Gasteiger partial charge in [-0.25, -0.2) is 9.97 Å². The van der Waals surface area contributed by atoms with E-state index in [9.17, 15) is 0 Å². The fourth-order valence-electron chi connectivity index (χ4n) is 9.61. The molecule has 0 N–H and O–H groups in total. The van der Waals surface area contributed by atoms with E-state index < -0.39 is 0 Å². The summed E-state index contributed by atoms with van der Waals surface area (Å²) in [6.45, 7) is 0. The van der Waals surface area contributed by atoms with Gasteiger partial charge in [-0.3, -0.25) is 4.57 Å². The fraction of sp³-hybridized carbons (Fsp3) is 0. The molecule has 0 radical (unpaired) electrons. The molecular weight excluding hydrogens is 745 g/mol. The van der Waals surface area contributed by atoms with Crippen molar-refractivity contribution in [1.29, 1.82) is 0 Å². The molecule has 0 saturated heterocycles. The van der Waals surface area contributed by atoms with Gasteiger partial charge >= 0.3 is 0 Å². The van der Waals surface area contributed by atoms with Crippen molar-refractivity contribution in [3.63, 3.8) is 0 Å². The summed E-state index contributed by atoms with van der Waals surface area (Å²) in [5.74, 6) is 2.37. The molecule has 61 heavy (non-hydrogen) atoms. The molecule has 4 heterocycles. The summed E-state index contributed by atoms with van der Waals surface area (Å²) in [5.41, 5.74) is 13.9. The van der Waals surface area contributed by atoms with Crippen LogP contribution in [0, 0.1) is 0 Å². The van der Waals surface area contributed by atoms with Crippen molar-refractivity contribution in [3.8, 4) is 67.9 Å². The molecule has 1 aliphatic rings. The van der Waals surface area contributed by atoms with Crippen LogP contribution in [0.15, 0.2) is 206 Å². The second-order valence-electron chi connectivity index (χ2n) is 15.8. The lowest BCUT2D eigenvalue weighted by atomic mass is 9.90. The molecule has 5 heteroatoms. The molecule has 0 atom stereocenters. The number of aromatic nitrogens is 4. The first kappa shape index (κ1) is 33.7. The molecule has 5 nitrogen and oxygen atoms in total. The fourth-order valence-corrected chi connectivity index (χ4v) is 9.61. The van der Waals surface area contributed by atoms with Crippen molar-refractivity contribution in [2.45, 2.75) is 0 Å². The average molecular weight is 779 g/mol. The van der Waals surface area contributed by atoms with E-state index >= 15 is 0 Å². The van der Waals surface area contributed by atoms with Crippen molar-refractivity contribution in [2.24, 2.45) is 0 Å². The number of para-hydroxylation sites is 3. The zero-order chi connectivity index (χ0) is 40.0. The van der Waals surface area contributed by atoms with E-state index in [2.05, 4.69) is 203 Å². The van der Waals surface area contributed by atoms with Crippen molar-refractivity contribution >= 4 is 54.4 Å². The highest BCUT2D eigenvalue weighted by Crippen LogP contribution is 2.51. The van der Waals surface area contributed by atoms with Crippen LogP contribution in [0.4, 0.5) is 0 Å². The van der Waals surface area contributed by atoms with Crippen LogP contribution in [-0.2, 0) is 0 Å². The zero-order valence-corrected chi connectivity index (χ0v) is 32.8. The molecule has 0 amide bonds. The van der Waals surface area contributed by atoms with Crippen LogP contribution in [0.2, 0.25) is 0 Å². The van der Waals surface area contributed by atoms with Crippen molar-refractivity contribution < 1.29 is 4.74 Å². The quantitative estimate of drug-likeness (QED) is 0.175. The molecular formula is C56H34N4O. The topological polar surface area (TPSA) is 44.9 Å². The minimum atomic E-state index is 0.637. The molecule has 0 bridgehead atoms. The van der Waals surface area contributed by atoms with E-state index in [4.69, 9.17) is 14.7 Å². The van der Waals surface area contributed by atoms with Crippen LogP contribution in [0.25, 0.3) is 111 Å². The summed E-state index contributed by atoms with van der Waals surface area (Å²) < 4.78 is 11.4. The zero-order valence-electron chi connectivity index (χ0n) is 32.8. The van der Waals surface area contributed by atoms with E-state index in [0.29, 0.717) is 5.95 Å². The predicted molar refractivity (Wildman–Crippen MR) is 250 cm³/mol. The highest BCUT2D eigenvalue weighted by Gasteiger charge is 2.25. The molecule has 0 saturated carbocycles. The highest BCUT2D eigenvalue weighted by atomic mass is 16.5. The third-order valence-electron chi connectivity index (χ3n) is 12.3. The predicted octanol–water partition coefficient (Wildman–Crippen LogP) is 14.6. The first-order valence-electron chi connectivity index (χ1n) is 20.7.